The lowest BCUT2D eigenvalue weighted by molar-refractivity contribution is 0.170. The minimum Gasteiger partial charge on any atom is -0.311 e. The van der Waals surface area contributed by atoms with Crippen molar-refractivity contribution < 1.29 is 0 Å². The van der Waals surface area contributed by atoms with Gasteiger partial charge in [0.05, 0.1) is 12.6 Å². The van der Waals surface area contributed by atoms with Crippen molar-refractivity contribution in [2.24, 2.45) is 0 Å². The van der Waals surface area contributed by atoms with Gasteiger partial charge in [0, 0.05) is 13.1 Å². The molecule has 0 unspecified atom stereocenters. The molecule has 2 aliphatic rings. The van der Waals surface area contributed by atoms with Gasteiger partial charge in [-0.05, 0) is 33.5 Å². The third-order valence-electron chi connectivity index (χ3n) is 4.04. The van der Waals surface area contributed by atoms with Crippen LogP contribution < -0.4 is 0 Å². The average Bonchev–Trinajstić information content (AvgIpc) is 2.72. The van der Waals surface area contributed by atoms with E-state index in [0.29, 0.717) is 6.04 Å². The summed E-state index contributed by atoms with van der Waals surface area (Å²) in [7, 11) is 4.35. The largest absolute Gasteiger partial charge is 0.311 e. The Hall–Kier alpha value is -0.940. The molecule has 0 spiro atoms. The Balaban J connectivity index is 1.88. The van der Waals surface area contributed by atoms with E-state index in [-0.39, 0.29) is 0 Å². The lowest BCUT2D eigenvalue weighted by Gasteiger charge is -2.33. The first-order valence-electron chi connectivity index (χ1n) is 6.56. The smallest absolute Gasteiger partial charge is 0.150 e. The summed E-state index contributed by atoms with van der Waals surface area (Å²) in [6, 6.07) is 0.480. The molecule has 1 atom stereocenters. The molecule has 1 aromatic rings. The van der Waals surface area contributed by atoms with E-state index in [1.807, 2.05) is 0 Å². The van der Waals surface area contributed by atoms with Gasteiger partial charge < -0.3 is 4.57 Å². The van der Waals surface area contributed by atoms with E-state index in [9.17, 15) is 0 Å². The Bertz CT molecular complexity index is 400. The lowest BCUT2D eigenvalue weighted by atomic mass is 10.0. The Morgan fingerprint density at radius 1 is 1.06 bits per heavy atom. The van der Waals surface area contributed by atoms with Crippen molar-refractivity contribution in [1.82, 2.24) is 24.6 Å². The van der Waals surface area contributed by atoms with E-state index in [1.165, 1.54) is 31.6 Å². The van der Waals surface area contributed by atoms with Gasteiger partial charge in [-0.1, -0.05) is 6.42 Å². The molecule has 2 aliphatic heterocycles. The molecule has 1 aromatic heterocycles. The third kappa shape index (κ3) is 1.98. The molecule has 1 fully saturated rings. The van der Waals surface area contributed by atoms with E-state index >= 15 is 0 Å². The SMILES string of the molecule is CN1CCn2c(nnc2[C@@H]2CCCCN2C)C1. The van der Waals surface area contributed by atoms with E-state index in [0.717, 1.165) is 25.5 Å². The van der Waals surface area contributed by atoms with Gasteiger partial charge in [-0.3, -0.25) is 9.80 Å². The molecule has 0 N–H and O–H groups in total. The van der Waals surface area contributed by atoms with Crippen molar-refractivity contribution in [2.45, 2.75) is 38.4 Å². The summed E-state index contributed by atoms with van der Waals surface area (Å²) >= 11 is 0. The number of aromatic nitrogens is 3. The van der Waals surface area contributed by atoms with Gasteiger partial charge in [0.25, 0.3) is 0 Å². The summed E-state index contributed by atoms with van der Waals surface area (Å²) in [6.07, 6.45) is 3.86. The molecule has 5 heteroatoms. The highest BCUT2D eigenvalue weighted by atomic mass is 15.4. The summed E-state index contributed by atoms with van der Waals surface area (Å²) in [5.41, 5.74) is 0. The van der Waals surface area contributed by atoms with Crippen LogP contribution in [-0.2, 0) is 13.1 Å². The van der Waals surface area contributed by atoms with Crippen LogP contribution in [0.5, 0.6) is 0 Å². The quantitative estimate of drug-likeness (QED) is 0.724. The number of likely N-dealkylation sites (N-methyl/N-ethyl adjacent to an activating group) is 1. The zero-order valence-electron chi connectivity index (χ0n) is 10.8. The molecule has 3 heterocycles. The molecule has 0 radical (unpaired) electrons. The van der Waals surface area contributed by atoms with Gasteiger partial charge in [0.1, 0.15) is 11.6 Å². The minimum absolute atomic E-state index is 0.480. The van der Waals surface area contributed by atoms with Crippen molar-refractivity contribution in [3.8, 4) is 0 Å². The summed E-state index contributed by atoms with van der Waals surface area (Å²) in [6.45, 7) is 4.27. The normalized spacial score (nSPS) is 27.1. The second-order valence-electron chi connectivity index (χ2n) is 5.36. The monoisotopic (exact) mass is 235 g/mol. The molecule has 0 aliphatic carbocycles. The standard InChI is InChI=1S/C12H21N5/c1-15-7-8-17-11(9-15)13-14-12(17)10-5-3-4-6-16(10)2/h10H,3-9H2,1-2H3/t10-/m0/s1. The maximum absolute atomic E-state index is 4.45. The highest BCUT2D eigenvalue weighted by Gasteiger charge is 2.28. The molecular formula is C12H21N5. The first-order valence-corrected chi connectivity index (χ1v) is 6.56. The van der Waals surface area contributed by atoms with Crippen LogP contribution in [0.1, 0.15) is 37.0 Å². The summed E-state index contributed by atoms with van der Waals surface area (Å²) < 4.78 is 2.34. The van der Waals surface area contributed by atoms with Gasteiger partial charge in [-0.25, -0.2) is 0 Å². The second kappa shape index (κ2) is 4.38. The molecule has 5 nitrogen and oxygen atoms in total. The average molecular weight is 235 g/mol. The molecule has 17 heavy (non-hydrogen) atoms. The number of hydrogen-bond acceptors (Lipinski definition) is 4. The Morgan fingerprint density at radius 3 is 2.76 bits per heavy atom. The minimum atomic E-state index is 0.480. The van der Waals surface area contributed by atoms with Crippen LogP contribution in [0.2, 0.25) is 0 Å². The fraction of sp³-hybridized carbons (Fsp3) is 0.833. The Morgan fingerprint density at radius 2 is 1.94 bits per heavy atom. The van der Waals surface area contributed by atoms with Crippen molar-refractivity contribution in [3.63, 3.8) is 0 Å². The Labute approximate surface area is 102 Å². The fourth-order valence-corrected chi connectivity index (χ4v) is 2.95. The topological polar surface area (TPSA) is 37.2 Å². The first kappa shape index (κ1) is 11.2. The van der Waals surface area contributed by atoms with E-state index in [1.54, 1.807) is 0 Å². The summed E-state index contributed by atoms with van der Waals surface area (Å²) in [5.74, 6) is 2.32. The van der Waals surface area contributed by atoms with Crippen molar-refractivity contribution in [1.29, 1.82) is 0 Å². The number of likely N-dealkylation sites (tertiary alicyclic amines) is 1. The highest BCUT2D eigenvalue weighted by molar-refractivity contribution is 5.04. The van der Waals surface area contributed by atoms with Crippen LogP contribution in [0.4, 0.5) is 0 Å². The van der Waals surface area contributed by atoms with E-state index in [2.05, 4.69) is 38.7 Å². The van der Waals surface area contributed by atoms with Crippen LogP contribution in [-0.4, -0.2) is 51.7 Å². The molecular weight excluding hydrogens is 214 g/mol. The summed E-state index contributed by atoms with van der Waals surface area (Å²) in [5, 5.41) is 8.81. The van der Waals surface area contributed by atoms with Crippen molar-refractivity contribution in [2.75, 3.05) is 27.2 Å². The van der Waals surface area contributed by atoms with Gasteiger partial charge in [-0.15, -0.1) is 10.2 Å². The van der Waals surface area contributed by atoms with Crippen LogP contribution in [0.25, 0.3) is 0 Å². The summed E-state index contributed by atoms with van der Waals surface area (Å²) in [4.78, 5) is 4.73. The first-order chi connectivity index (χ1) is 8.25. The molecule has 94 valence electrons. The second-order valence-corrected chi connectivity index (χ2v) is 5.36. The zero-order chi connectivity index (χ0) is 11.8. The predicted octanol–water partition coefficient (Wildman–Crippen LogP) is 0.880. The van der Waals surface area contributed by atoms with Gasteiger partial charge in [0.2, 0.25) is 0 Å². The van der Waals surface area contributed by atoms with Crippen LogP contribution in [0.15, 0.2) is 0 Å². The van der Waals surface area contributed by atoms with Crippen LogP contribution in [0.3, 0.4) is 0 Å². The molecule has 3 rings (SSSR count). The predicted molar refractivity (Wildman–Crippen MR) is 65.6 cm³/mol. The Kier molecular flexibility index (Phi) is 2.88. The van der Waals surface area contributed by atoms with Gasteiger partial charge >= 0.3 is 0 Å². The maximum Gasteiger partial charge on any atom is 0.150 e. The third-order valence-corrected chi connectivity index (χ3v) is 4.04. The number of rotatable bonds is 1. The van der Waals surface area contributed by atoms with Crippen LogP contribution >= 0.6 is 0 Å². The van der Waals surface area contributed by atoms with Gasteiger partial charge in [0.15, 0.2) is 0 Å². The number of hydrogen-bond donors (Lipinski definition) is 0. The van der Waals surface area contributed by atoms with E-state index in [4.69, 9.17) is 0 Å². The molecule has 0 amide bonds. The highest BCUT2D eigenvalue weighted by Crippen LogP contribution is 2.29. The van der Waals surface area contributed by atoms with Crippen molar-refractivity contribution in [3.05, 3.63) is 11.6 Å². The number of piperidine rings is 1. The maximum atomic E-state index is 4.45. The van der Waals surface area contributed by atoms with Crippen LogP contribution in [0, 0.1) is 0 Å². The molecule has 0 bridgehead atoms. The molecule has 0 aromatic carbocycles. The lowest BCUT2D eigenvalue weighted by Crippen LogP contribution is -2.35. The molecule has 0 saturated carbocycles. The number of nitrogens with zero attached hydrogens (tertiary/aromatic N) is 5. The van der Waals surface area contributed by atoms with Gasteiger partial charge in [-0.2, -0.15) is 0 Å². The van der Waals surface area contributed by atoms with Crippen molar-refractivity contribution >= 4 is 0 Å². The van der Waals surface area contributed by atoms with E-state index < -0.39 is 0 Å². The zero-order valence-corrected chi connectivity index (χ0v) is 10.8. The fourth-order valence-electron chi connectivity index (χ4n) is 2.95. The molecule has 1 saturated heterocycles. The number of fused-ring (bicyclic) bond motifs is 1.